The summed E-state index contributed by atoms with van der Waals surface area (Å²) in [6.07, 6.45) is 2.12. The van der Waals surface area contributed by atoms with Gasteiger partial charge in [-0.2, -0.15) is 0 Å². The quantitative estimate of drug-likeness (QED) is 0.582. The Balaban J connectivity index is 2.55. The fourth-order valence-electron chi connectivity index (χ4n) is 2.33. The van der Waals surface area contributed by atoms with Crippen molar-refractivity contribution in [3.05, 3.63) is 0 Å². The van der Waals surface area contributed by atoms with E-state index in [9.17, 15) is 0 Å². The topological polar surface area (TPSA) is 45.7 Å². The van der Waals surface area contributed by atoms with Crippen LogP contribution in [0.2, 0.25) is 0 Å². The third-order valence-corrected chi connectivity index (χ3v) is 4.36. The maximum Gasteiger partial charge on any atom is 0.191 e. The summed E-state index contributed by atoms with van der Waals surface area (Å²) in [5, 5.41) is 6.78. The van der Waals surface area contributed by atoms with Crippen LogP contribution in [0.15, 0.2) is 4.99 Å². The Labute approximate surface area is 105 Å². The Morgan fingerprint density at radius 2 is 2.06 bits per heavy atom. The van der Waals surface area contributed by atoms with Crippen LogP contribution in [0.1, 0.15) is 40.5 Å². The molecule has 0 bridgehead atoms. The van der Waals surface area contributed by atoms with E-state index >= 15 is 0 Å². The molecule has 0 saturated heterocycles. The van der Waals surface area contributed by atoms with Crippen molar-refractivity contribution < 1.29 is 4.74 Å². The van der Waals surface area contributed by atoms with Gasteiger partial charge in [0, 0.05) is 32.2 Å². The van der Waals surface area contributed by atoms with Crippen LogP contribution in [0.25, 0.3) is 0 Å². The molecule has 1 fully saturated rings. The van der Waals surface area contributed by atoms with Crippen molar-refractivity contribution in [2.45, 2.75) is 52.2 Å². The van der Waals surface area contributed by atoms with Gasteiger partial charge in [0.05, 0.1) is 5.60 Å². The van der Waals surface area contributed by atoms with Crippen molar-refractivity contribution in [2.24, 2.45) is 10.4 Å². The molecule has 0 amide bonds. The number of nitrogens with one attached hydrogen (secondary N) is 2. The first kappa shape index (κ1) is 14.3. The van der Waals surface area contributed by atoms with Gasteiger partial charge in [-0.05, 0) is 19.8 Å². The minimum absolute atomic E-state index is 0.0335. The average Bonchev–Trinajstić information content (AvgIpc) is 2.32. The number of nitrogens with zero attached hydrogens (tertiary/aromatic N) is 1. The summed E-state index contributed by atoms with van der Waals surface area (Å²) in [6.45, 7) is 9.76. The second kappa shape index (κ2) is 5.25. The van der Waals surface area contributed by atoms with Crippen LogP contribution in [-0.2, 0) is 4.74 Å². The summed E-state index contributed by atoms with van der Waals surface area (Å²) in [7, 11) is 3.61. The van der Waals surface area contributed by atoms with Gasteiger partial charge in [-0.25, -0.2) is 0 Å². The van der Waals surface area contributed by atoms with Gasteiger partial charge >= 0.3 is 0 Å². The second-order valence-electron chi connectivity index (χ2n) is 5.56. The monoisotopic (exact) mass is 241 g/mol. The van der Waals surface area contributed by atoms with Crippen molar-refractivity contribution in [2.75, 3.05) is 20.7 Å². The summed E-state index contributed by atoms with van der Waals surface area (Å²) in [6, 6.07) is 0.413. The number of ether oxygens (including phenoxy) is 1. The van der Waals surface area contributed by atoms with Crippen LogP contribution in [0, 0.1) is 5.41 Å². The fraction of sp³-hybridized carbons (Fsp3) is 0.923. The third kappa shape index (κ3) is 2.57. The van der Waals surface area contributed by atoms with E-state index in [4.69, 9.17) is 4.74 Å². The zero-order valence-electron chi connectivity index (χ0n) is 12.1. The predicted octanol–water partition coefficient (Wildman–Crippen LogP) is 1.76. The van der Waals surface area contributed by atoms with Gasteiger partial charge in [-0.1, -0.05) is 20.8 Å². The Morgan fingerprint density at radius 1 is 1.41 bits per heavy atom. The van der Waals surface area contributed by atoms with Crippen LogP contribution < -0.4 is 10.6 Å². The number of methoxy groups -OCH3 is 1. The van der Waals surface area contributed by atoms with Crippen LogP contribution in [0.3, 0.4) is 0 Å². The highest BCUT2D eigenvalue weighted by molar-refractivity contribution is 5.80. The van der Waals surface area contributed by atoms with Crippen molar-refractivity contribution in [1.82, 2.24) is 10.6 Å². The molecule has 1 saturated carbocycles. The maximum atomic E-state index is 5.62. The Bertz CT molecular complexity index is 288. The van der Waals surface area contributed by atoms with E-state index in [2.05, 4.69) is 43.3 Å². The molecule has 0 aromatic rings. The molecule has 4 heteroatoms. The Hall–Kier alpha value is -0.770. The largest absolute Gasteiger partial charge is 0.378 e. The van der Waals surface area contributed by atoms with E-state index in [0.717, 1.165) is 25.3 Å². The van der Waals surface area contributed by atoms with Gasteiger partial charge in [-0.3, -0.25) is 4.99 Å². The first-order valence-electron chi connectivity index (χ1n) is 6.43. The summed E-state index contributed by atoms with van der Waals surface area (Å²) in [4.78, 5) is 4.24. The Kier molecular flexibility index (Phi) is 4.42. The van der Waals surface area contributed by atoms with E-state index in [1.54, 1.807) is 7.11 Å². The lowest BCUT2D eigenvalue weighted by Gasteiger charge is -2.59. The minimum atomic E-state index is -0.0335. The molecular formula is C13H27N3O. The second-order valence-corrected chi connectivity index (χ2v) is 5.56. The molecule has 0 aromatic heterocycles. The highest BCUT2D eigenvalue weighted by Gasteiger charge is 2.57. The number of guanidine groups is 1. The molecule has 0 aliphatic heterocycles. The number of rotatable bonds is 4. The van der Waals surface area contributed by atoms with Crippen LogP contribution in [0.4, 0.5) is 0 Å². The minimum Gasteiger partial charge on any atom is -0.378 e. The molecule has 0 radical (unpaired) electrons. The van der Waals surface area contributed by atoms with Crippen molar-refractivity contribution >= 4 is 5.96 Å². The van der Waals surface area contributed by atoms with Gasteiger partial charge < -0.3 is 15.4 Å². The lowest BCUT2D eigenvalue weighted by atomic mass is 9.56. The van der Waals surface area contributed by atoms with Crippen molar-refractivity contribution in [3.63, 3.8) is 0 Å². The fourth-order valence-corrected chi connectivity index (χ4v) is 2.33. The molecule has 4 nitrogen and oxygen atoms in total. The van der Waals surface area contributed by atoms with Crippen LogP contribution in [0.5, 0.6) is 0 Å². The zero-order valence-corrected chi connectivity index (χ0v) is 12.1. The zero-order chi connectivity index (χ0) is 13.1. The lowest BCUT2D eigenvalue weighted by Crippen LogP contribution is -2.69. The Morgan fingerprint density at radius 3 is 2.47 bits per heavy atom. The van der Waals surface area contributed by atoms with Crippen LogP contribution >= 0.6 is 0 Å². The molecule has 1 rings (SSSR count). The molecular weight excluding hydrogens is 214 g/mol. The molecule has 17 heavy (non-hydrogen) atoms. The predicted molar refractivity (Wildman–Crippen MR) is 72.4 cm³/mol. The van der Waals surface area contributed by atoms with E-state index in [-0.39, 0.29) is 11.0 Å². The first-order chi connectivity index (χ1) is 7.91. The molecule has 0 aromatic carbocycles. The molecule has 0 spiro atoms. The van der Waals surface area contributed by atoms with Crippen molar-refractivity contribution in [1.29, 1.82) is 0 Å². The molecule has 1 aliphatic rings. The van der Waals surface area contributed by atoms with E-state index < -0.39 is 0 Å². The van der Waals surface area contributed by atoms with Gasteiger partial charge in [0.2, 0.25) is 0 Å². The van der Waals surface area contributed by atoms with Gasteiger partial charge in [-0.15, -0.1) is 0 Å². The first-order valence-corrected chi connectivity index (χ1v) is 6.43. The number of hydrogen-bond donors (Lipinski definition) is 2. The van der Waals surface area contributed by atoms with E-state index in [1.165, 1.54) is 0 Å². The van der Waals surface area contributed by atoms with E-state index in [1.807, 2.05) is 7.05 Å². The normalized spacial score (nSPS) is 31.9. The number of hydrogen-bond acceptors (Lipinski definition) is 2. The molecule has 2 N–H and O–H groups in total. The van der Waals surface area contributed by atoms with Gasteiger partial charge in [0.1, 0.15) is 0 Å². The average molecular weight is 241 g/mol. The highest BCUT2D eigenvalue weighted by atomic mass is 16.5. The SMILES string of the molecule is CCCNC(=NC)NC1CC(C)(OC)C1(C)C. The summed E-state index contributed by atoms with van der Waals surface area (Å²) < 4.78 is 5.62. The molecule has 100 valence electrons. The molecule has 0 heterocycles. The van der Waals surface area contributed by atoms with Gasteiger partial charge in [0.25, 0.3) is 0 Å². The van der Waals surface area contributed by atoms with Crippen LogP contribution in [-0.4, -0.2) is 38.3 Å². The third-order valence-electron chi connectivity index (χ3n) is 4.36. The molecule has 1 aliphatic carbocycles. The number of aliphatic imine (C=N–C) groups is 1. The summed E-state index contributed by atoms with van der Waals surface area (Å²) in [5.41, 5.74) is 0.0832. The smallest absolute Gasteiger partial charge is 0.191 e. The van der Waals surface area contributed by atoms with Gasteiger partial charge in [0.15, 0.2) is 5.96 Å². The maximum absolute atomic E-state index is 5.62. The molecule has 2 atom stereocenters. The highest BCUT2D eigenvalue weighted by Crippen LogP contribution is 2.51. The van der Waals surface area contributed by atoms with E-state index in [0.29, 0.717) is 6.04 Å². The standard InChI is InChI=1S/C13H27N3O/c1-7-8-15-11(14-5)16-10-9-13(4,17-6)12(10,2)3/h10H,7-9H2,1-6H3,(H2,14,15,16). The summed E-state index contributed by atoms with van der Waals surface area (Å²) >= 11 is 0. The van der Waals surface area contributed by atoms with Crippen molar-refractivity contribution in [3.8, 4) is 0 Å². The summed E-state index contributed by atoms with van der Waals surface area (Å²) in [5.74, 6) is 0.892. The lowest BCUT2D eigenvalue weighted by molar-refractivity contribution is -0.176. The molecule has 2 unspecified atom stereocenters.